The number of fused-ring (bicyclic) bond motifs is 2. The van der Waals surface area contributed by atoms with Crippen LogP contribution in [0.25, 0.3) is 5.57 Å². The normalized spacial score (nSPS) is 23.6. The van der Waals surface area contributed by atoms with E-state index in [9.17, 15) is 18.7 Å². The summed E-state index contributed by atoms with van der Waals surface area (Å²) in [7, 11) is 0. The van der Waals surface area contributed by atoms with E-state index in [4.69, 9.17) is 0 Å². The zero-order chi connectivity index (χ0) is 19.9. The Morgan fingerprint density at radius 2 is 2.04 bits per heavy atom. The molecule has 0 fully saturated rings. The molecule has 1 amide bonds. The molecule has 5 heteroatoms. The van der Waals surface area contributed by atoms with Gasteiger partial charge in [-0.05, 0) is 66.2 Å². The highest BCUT2D eigenvalue weighted by Gasteiger charge is 2.51. The first-order valence-corrected chi connectivity index (χ1v) is 9.62. The van der Waals surface area contributed by atoms with Crippen LogP contribution in [0.2, 0.25) is 0 Å². The number of benzene rings is 2. The van der Waals surface area contributed by atoms with Crippen LogP contribution in [0.5, 0.6) is 0 Å². The van der Waals surface area contributed by atoms with Gasteiger partial charge in [0.05, 0.1) is 5.54 Å². The zero-order valence-electron chi connectivity index (χ0n) is 15.8. The van der Waals surface area contributed by atoms with Crippen molar-refractivity contribution in [3.05, 3.63) is 76.9 Å². The van der Waals surface area contributed by atoms with Crippen LogP contribution in [-0.2, 0) is 16.8 Å². The monoisotopic (exact) mass is 383 g/mol. The van der Waals surface area contributed by atoms with Crippen LogP contribution >= 0.6 is 0 Å². The molecule has 0 radical (unpaired) electrons. The van der Waals surface area contributed by atoms with Crippen molar-refractivity contribution in [3.63, 3.8) is 0 Å². The molecule has 1 aliphatic heterocycles. The van der Waals surface area contributed by atoms with Crippen molar-refractivity contribution in [2.24, 2.45) is 5.92 Å². The van der Waals surface area contributed by atoms with Gasteiger partial charge in [0.2, 0.25) is 5.91 Å². The Kier molecular flexibility index (Phi) is 4.79. The molecule has 1 aliphatic carbocycles. The van der Waals surface area contributed by atoms with Crippen LogP contribution in [0.1, 0.15) is 36.5 Å². The van der Waals surface area contributed by atoms with E-state index in [-0.39, 0.29) is 30.5 Å². The van der Waals surface area contributed by atoms with E-state index in [0.29, 0.717) is 12.0 Å². The van der Waals surface area contributed by atoms with Crippen molar-refractivity contribution in [2.45, 2.75) is 31.7 Å². The maximum absolute atomic E-state index is 14.5. The quantitative estimate of drug-likeness (QED) is 0.869. The number of aliphatic hydroxyl groups is 1. The Labute approximate surface area is 163 Å². The Morgan fingerprint density at radius 1 is 1.25 bits per heavy atom. The lowest BCUT2D eigenvalue weighted by Gasteiger charge is -2.47. The molecule has 1 heterocycles. The number of aryl methyl sites for hydroxylation is 1. The SMILES string of the molecule is CC(=O)N1CC(c2cc(F)ccc2F)=CC12c1ccccc1CCC2CCO. The van der Waals surface area contributed by atoms with Crippen LogP contribution in [0.15, 0.2) is 48.5 Å². The van der Waals surface area contributed by atoms with Gasteiger partial charge in [-0.1, -0.05) is 24.3 Å². The zero-order valence-corrected chi connectivity index (χ0v) is 15.8. The Bertz CT molecular complexity index is 955. The van der Waals surface area contributed by atoms with Gasteiger partial charge in [0.15, 0.2) is 0 Å². The minimum absolute atomic E-state index is 0.00502. The van der Waals surface area contributed by atoms with Crippen molar-refractivity contribution < 1.29 is 18.7 Å². The summed E-state index contributed by atoms with van der Waals surface area (Å²) in [5.74, 6) is -1.13. The van der Waals surface area contributed by atoms with E-state index in [1.807, 2.05) is 24.3 Å². The highest BCUT2D eigenvalue weighted by atomic mass is 19.1. The van der Waals surface area contributed by atoms with Crippen molar-refractivity contribution in [1.29, 1.82) is 0 Å². The first-order chi connectivity index (χ1) is 13.5. The maximum atomic E-state index is 14.5. The summed E-state index contributed by atoms with van der Waals surface area (Å²) in [5, 5.41) is 9.66. The number of hydrogen-bond acceptors (Lipinski definition) is 2. The van der Waals surface area contributed by atoms with Crippen LogP contribution in [0.3, 0.4) is 0 Å². The molecule has 0 bridgehead atoms. The molecule has 0 saturated heterocycles. The number of nitrogens with zero attached hydrogens (tertiary/aromatic N) is 1. The van der Waals surface area contributed by atoms with Gasteiger partial charge in [-0.3, -0.25) is 4.79 Å². The molecule has 2 aromatic rings. The van der Waals surface area contributed by atoms with E-state index in [2.05, 4.69) is 6.07 Å². The number of hydrogen-bond donors (Lipinski definition) is 1. The van der Waals surface area contributed by atoms with Crippen molar-refractivity contribution >= 4 is 11.5 Å². The Hall–Kier alpha value is -2.53. The largest absolute Gasteiger partial charge is 0.396 e. The second-order valence-corrected chi connectivity index (χ2v) is 7.63. The van der Waals surface area contributed by atoms with Gasteiger partial charge in [-0.2, -0.15) is 0 Å². The topological polar surface area (TPSA) is 40.5 Å². The predicted octanol–water partition coefficient (Wildman–Crippen LogP) is 4.05. The number of carbonyl (C=O) groups is 1. The second kappa shape index (κ2) is 7.13. The molecule has 2 atom stereocenters. The lowest BCUT2D eigenvalue weighted by Crippen LogP contribution is -2.52. The summed E-state index contributed by atoms with van der Waals surface area (Å²) in [6, 6.07) is 11.4. The maximum Gasteiger partial charge on any atom is 0.220 e. The number of carbonyl (C=O) groups excluding carboxylic acids is 1. The predicted molar refractivity (Wildman–Crippen MR) is 103 cm³/mol. The van der Waals surface area contributed by atoms with Crippen LogP contribution in [-0.4, -0.2) is 29.1 Å². The van der Waals surface area contributed by atoms with Gasteiger partial charge < -0.3 is 10.0 Å². The molecule has 146 valence electrons. The molecule has 4 rings (SSSR count). The minimum atomic E-state index is -0.752. The fourth-order valence-corrected chi connectivity index (χ4v) is 4.95. The molecule has 2 aromatic carbocycles. The van der Waals surface area contributed by atoms with Crippen LogP contribution in [0.4, 0.5) is 8.78 Å². The van der Waals surface area contributed by atoms with Gasteiger partial charge in [0.25, 0.3) is 0 Å². The number of amides is 1. The summed E-state index contributed by atoms with van der Waals surface area (Å²) in [5.41, 5.74) is 2.21. The van der Waals surface area contributed by atoms with Gasteiger partial charge in [-0.15, -0.1) is 0 Å². The molecule has 0 aromatic heterocycles. The summed E-state index contributed by atoms with van der Waals surface area (Å²) in [6.07, 6.45) is 4.15. The molecule has 2 unspecified atom stereocenters. The van der Waals surface area contributed by atoms with E-state index in [1.165, 1.54) is 13.0 Å². The van der Waals surface area contributed by atoms with E-state index in [0.717, 1.165) is 36.1 Å². The molecule has 28 heavy (non-hydrogen) atoms. The fourth-order valence-electron chi connectivity index (χ4n) is 4.95. The van der Waals surface area contributed by atoms with Crippen LogP contribution in [0, 0.1) is 17.6 Å². The second-order valence-electron chi connectivity index (χ2n) is 7.63. The summed E-state index contributed by atoms with van der Waals surface area (Å²) in [4.78, 5) is 14.4. The lowest BCUT2D eigenvalue weighted by molar-refractivity contribution is -0.135. The first kappa shape index (κ1) is 18.8. The third-order valence-electron chi connectivity index (χ3n) is 6.13. The van der Waals surface area contributed by atoms with Gasteiger partial charge in [0.1, 0.15) is 11.6 Å². The molecule has 3 nitrogen and oxygen atoms in total. The molecular formula is C23H23F2NO2. The lowest BCUT2D eigenvalue weighted by atomic mass is 9.67. The number of aliphatic hydroxyl groups excluding tert-OH is 1. The van der Waals surface area contributed by atoms with E-state index < -0.39 is 17.2 Å². The van der Waals surface area contributed by atoms with Gasteiger partial charge in [-0.25, -0.2) is 8.78 Å². The molecular weight excluding hydrogens is 360 g/mol. The summed E-state index contributed by atoms with van der Waals surface area (Å²) >= 11 is 0. The number of halogens is 2. The van der Waals surface area contributed by atoms with Crippen molar-refractivity contribution in [2.75, 3.05) is 13.2 Å². The summed E-state index contributed by atoms with van der Waals surface area (Å²) < 4.78 is 28.3. The number of rotatable bonds is 3. The average molecular weight is 383 g/mol. The fraction of sp³-hybridized carbons (Fsp3) is 0.348. The Balaban J connectivity index is 1.95. The molecule has 2 aliphatic rings. The average Bonchev–Trinajstić information content (AvgIpc) is 3.08. The van der Waals surface area contributed by atoms with Gasteiger partial charge >= 0.3 is 0 Å². The van der Waals surface area contributed by atoms with Crippen molar-refractivity contribution in [3.8, 4) is 0 Å². The molecule has 0 saturated carbocycles. The first-order valence-electron chi connectivity index (χ1n) is 9.62. The smallest absolute Gasteiger partial charge is 0.220 e. The summed E-state index contributed by atoms with van der Waals surface area (Å²) in [6.45, 7) is 1.73. The Morgan fingerprint density at radius 3 is 2.79 bits per heavy atom. The molecule has 1 N–H and O–H groups in total. The van der Waals surface area contributed by atoms with Gasteiger partial charge in [0, 0.05) is 25.6 Å². The highest BCUT2D eigenvalue weighted by Crippen LogP contribution is 2.51. The van der Waals surface area contributed by atoms with E-state index >= 15 is 0 Å². The third-order valence-corrected chi connectivity index (χ3v) is 6.13. The van der Waals surface area contributed by atoms with E-state index in [1.54, 1.807) is 4.90 Å². The molecule has 1 spiro atoms. The van der Waals surface area contributed by atoms with Crippen LogP contribution < -0.4 is 0 Å². The standard InChI is InChI=1S/C23H23F2NO2/c1-15(28)26-14-17(20-12-19(24)8-9-22(20)25)13-23(26)18(10-11-27)7-6-16-4-2-3-5-21(16)23/h2-5,8-9,12-13,18,27H,6-7,10-11,14H2,1H3. The van der Waals surface area contributed by atoms with Crippen molar-refractivity contribution in [1.82, 2.24) is 4.90 Å². The third kappa shape index (κ3) is 2.85. The minimum Gasteiger partial charge on any atom is -0.396 e. The highest BCUT2D eigenvalue weighted by molar-refractivity contribution is 5.83.